The monoisotopic (exact) mass is 371 g/mol. The van der Waals surface area contributed by atoms with Gasteiger partial charge in [-0.25, -0.2) is 14.8 Å². The highest BCUT2D eigenvalue weighted by molar-refractivity contribution is 5.91. The number of rotatable bonds is 4. The molecule has 0 radical (unpaired) electrons. The van der Waals surface area contributed by atoms with Gasteiger partial charge in [0.05, 0.1) is 6.07 Å². The normalized spacial score (nSPS) is 19.1. The third kappa shape index (κ3) is 4.45. The molecule has 0 unspecified atom stereocenters. The number of nitriles is 1. The molecule has 27 heavy (non-hydrogen) atoms. The van der Waals surface area contributed by atoms with Crippen LogP contribution in [-0.2, 0) is 4.79 Å². The molecule has 9 heteroatoms. The highest BCUT2D eigenvalue weighted by Gasteiger charge is 2.41. The minimum Gasteiger partial charge on any atom is -0.341 e. The third-order valence-corrected chi connectivity index (χ3v) is 5.22. The van der Waals surface area contributed by atoms with Crippen LogP contribution in [0.5, 0.6) is 0 Å². The quantitative estimate of drug-likeness (QED) is 0.751. The highest BCUT2D eigenvalue weighted by Crippen LogP contribution is 2.29. The molecule has 0 bridgehead atoms. The van der Waals surface area contributed by atoms with Gasteiger partial charge in [-0.3, -0.25) is 4.79 Å². The Morgan fingerprint density at radius 2 is 1.78 bits per heavy atom. The summed E-state index contributed by atoms with van der Waals surface area (Å²) in [6, 6.07) is 3.47. The number of nitrogens with one attached hydrogen (secondary N) is 2. The van der Waals surface area contributed by atoms with Crippen LogP contribution in [-0.4, -0.2) is 65.1 Å². The van der Waals surface area contributed by atoms with Crippen LogP contribution in [0.4, 0.5) is 10.7 Å². The van der Waals surface area contributed by atoms with Crippen LogP contribution < -0.4 is 15.5 Å². The van der Waals surface area contributed by atoms with Crippen molar-refractivity contribution in [2.24, 2.45) is 0 Å². The van der Waals surface area contributed by atoms with E-state index in [-0.39, 0.29) is 18.5 Å². The van der Waals surface area contributed by atoms with Crippen LogP contribution in [0.3, 0.4) is 0 Å². The Balaban J connectivity index is 1.59. The van der Waals surface area contributed by atoms with Gasteiger partial charge in [0.2, 0.25) is 11.9 Å². The fourth-order valence-corrected chi connectivity index (χ4v) is 3.70. The summed E-state index contributed by atoms with van der Waals surface area (Å²) in [4.78, 5) is 37.7. The summed E-state index contributed by atoms with van der Waals surface area (Å²) in [5.41, 5.74) is -0.911. The molecule has 0 spiro atoms. The maximum atomic E-state index is 12.8. The van der Waals surface area contributed by atoms with E-state index in [4.69, 9.17) is 5.26 Å². The minimum atomic E-state index is -0.911. The fourth-order valence-electron chi connectivity index (χ4n) is 3.70. The number of carbonyl (C=O) groups excluding carboxylic acids is 2. The first-order chi connectivity index (χ1) is 13.1. The van der Waals surface area contributed by atoms with Crippen molar-refractivity contribution in [3.63, 3.8) is 0 Å². The Morgan fingerprint density at radius 1 is 1.11 bits per heavy atom. The molecule has 2 N–H and O–H groups in total. The van der Waals surface area contributed by atoms with Crippen molar-refractivity contribution in [1.82, 2.24) is 25.5 Å². The van der Waals surface area contributed by atoms with E-state index < -0.39 is 5.54 Å². The lowest BCUT2D eigenvalue weighted by Crippen LogP contribution is -2.63. The maximum Gasteiger partial charge on any atom is 0.318 e. The van der Waals surface area contributed by atoms with Crippen molar-refractivity contribution in [1.29, 1.82) is 5.26 Å². The number of aromatic nitrogens is 2. The zero-order chi connectivity index (χ0) is 19.1. The van der Waals surface area contributed by atoms with Gasteiger partial charge < -0.3 is 20.4 Å². The molecular weight excluding hydrogens is 346 g/mol. The van der Waals surface area contributed by atoms with Gasteiger partial charge in [0.25, 0.3) is 0 Å². The van der Waals surface area contributed by atoms with Crippen LogP contribution in [0, 0.1) is 11.3 Å². The van der Waals surface area contributed by atoms with E-state index in [1.54, 1.807) is 23.4 Å². The summed E-state index contributed by atoms with van der Waals surface area (Å²) in [5.74, 6) is 0.408. The van der Waals surface area contributed by atoms with Gasteiger partial charge in [-0.05, 0) is 18.9 Å². The number of hydrogen-bond donors (Lipinski definition) is 2. The number of nitrogens with zero attached hydrogens (tertiary/aromatic N) is 5. The molecule has 1 aromatic rings. The van der Waals surface area contributed by atoms with Crippen LogP contribution in [0.2, 0.25) is 0 Å². The molecular formula is C18H25N7O2. The number of piperazine rings is 1. The fraction of sp³-hybridized carbons (Fsp3) is 0.611. The predicted molar refractivity (Wildman–Crippen MR) is 98.8 cm³/mol. The van der Waals surface area contributed by atoms with E-state index in [2.05, 4.69) is 20.6 Å². The van der Waals surface area contributed by atoms with Crippen molar-refractivity contribution in [3.8, 4) is 6.07 Å². The molecule has 3 amide bonds. The maximum absolute atomic E-state index is 12.8. The number of carbonyl (C=O) groups is 2. The number of amides is 3. The zero-order valence-corrected chi connectivity index (χ0v) is 15.4. The number of anilines is 1. The molecule has 3 rings (SSSR count). The number of hydrogen-bond acceptors (Lipinski definition) is 6. The Labute approximate surface area is 158 Å². The van der Waals surface area contributed by atoms with Crippen LogP contribution in [0.15, 0.2) is 18.5 Å². The third-order valence-electron chi connectivity index (χ3n) is 5.22. The second kappa shape index (κ2) is 8.66. The predicted octanol–water partition coefficient (Wildman–Crippen LogP) is 0.651. The molecule has 144 valence electrons. The first-order valence-corrected chi connectivity index (χ1v) is 9.39. The summed E-state index contributed by atoms with van der Waals surface area (Å²) >= 11 is 0. The Kier molecular flexibility index (Phi) is 6.06. The summed E-state index contributed by atoms with van der Waals surface area (Å²) in [7, 11) is 0. The minimum absolute atomic E-state index is 0.0494. The van der Waals surface area contributed by atoms with Gasteiger partial charge in [0.15, 0.2) is 0 Å². The van der Waals surface area contributed by atoms with E-state index >= 15 is 0 Å². The van der Waals surface area contributed by atoms with Crippen molar-refractivity contribution in [2.45, 2.75) is 37.6 Å². The SMILES string of the molecule is N#CCNC(=O)C1(NC(=O)N2CCN(c3ncccn3)CC2)CCCCC1. The molecule has 1 saturated carbocycles. The van der Waals surface area contributed by atoms with E-state index in [9.17, 15) is 9.59 Å². The summed E-state index contributed by atoms with van der Waals surface area (Å²) in [6.45, 7) is 2.32. The van der Waals surface area contributed by atoms with Gasteiger partial charge in [0.1, 0.15) is 12.1 Å². The molecule has 0 atom stereocenters. The smallest absolute Gasteiger partial charge is 0.318 e. The van der Waals surface area contributed by atoms with E-state index in [1.807, 2.05) is 11.0 Å². The van der Waals surface area contributed by atoms with Crippen molar-refractivity contribution in [2.75, 3.05) is 37.6 Å². The Morgan fingerprint density at radius 3 is 2.41 bits per heavy atom. The average Bonchev–Trinajstić information content (AvgIpc) is 2.73. The average molecular weight is 371 g/mol. The first kappa shape index (κ1) is 18.9. The second-order valence-corrected chi connectivity index (χ2v) is 6.94. The van der Waals surface area contributed by atoms with E-state index in [0.717, 1.165) is 19.3 Å². The van der Waals surface area contributed by atoms with Gasteiger partial charge in [-0.15, -0.1) is 0 Å². The van der Waals surface area contributed by atoms with Crippen molar-refractivity contribution in [3.05, 3.63) is 18.5 Å². The first-order valence-electron chi connectivity index (χ1n) is 9.39. The topological polar surface area (TPSA) is 114 Å². The molecule has 1 aromatic heterocycles. The largest absolute Gasteiger partial charge is 0.341 e. The lowest BCUT2D eigenvalue weighted by Gasteiger charge is -2.40. The molecule has 1 aliphatic heterocycles. The van der Waals surface area contributed by atoms with Crippen LogP contribution in [0.25, 0.3) is 0 Å². The molecule has 0 aromatic carbocycles. The summed E-state index contributed by atoms with van der Waals surface area (Å²) < 4.78 is 0. The molecule has 2 fully saturated rings. The lowest BCUT2D eigenvalue weighted by molar-refractivity contribution is -0.128. The molecule has 1 saturated heterocycles. The van der Waals surface area contributed by atoms with Crippen LogP contribution in [0.1, 0.15) is 32.1 Å². The van der Waals surface area contributed by atoms with Crippen LogP contribution >= 0.6 is 0 Å². The molecule has 2 aliphatic rings. The van der Waals surface area contributed by atoms with Gasteiger partial charge in [0, 0.05) is 38.6 Å². The summed E-state index contributed by atoms with van der Waals surface area (Å²) in [5, 5.41) is 14.3. The molecule has 2 heterocycles. The van der Waals surface area contributed by atoms with Gasteiger partial charge in [-0.1, -0.05) is 19.3 Å². The lowest BCUT2D eigenvalue weighted by atomic mass is 9.81. The van der Waals surface area contributed by atoms with Gasteiger partial charge >= 0.3 is 6.03 Å². The van der Waals surface area contributed by atoms with E-state index in [1.165, 1.54) is 0 Å². The van der Waals surface area contributed by atoms with Gasteiger partial charge in [-0.2, -0.15) is 5.26 Å². The Bertz CT molecular complexity index is 689. The summed E-state index contributed by atoms with van der Waals surface area (Å²) in [6.07, 6.45) is 7.45. The number of urea groups is 1. The second-order valence-electron chi connectivity index (χ2n) is 6.94. The van der Waals surface area contributed by atoms with Crippen molar-refractivity contribution < 1.29 is 9.59 Å². The highest BCUT2D eigenvalue weighted by atomic mass is 16.2. The standard InChI is InChI=1S/C18H25N7O2/c19-7-10-20-15(26)18(5-2-1-3-6-18)23-17(27)25-13-11-24(12-14-25)16-21-8-4-9-22-16/h4,8-9H,1-3,5-6,10-14H2,(H,20,26)(H,23,27). The van der Waals surface area contributed by atoms with Crippen molar-refractivity contribution >= 4 is 17.9 Å². The zero-order valence-electron chi connectivity index (χ0n) is 15.4. The molecule has 9 nitrogen and oxygen atoms in total. The molecule has 1 aliphatic carbocycles. The Hall–Kier alpha value is -2.89. The van der Waals surface area contributed by atoms with E-state index in [0.29, 0.717) is 45.0 Å².